The van der Waals surface area contributed by atoms with Gasteiger partial charge in [-0.1, -0.05) is 12.1 Å². The van der Waals surface area contributed by atoms with Gasteiger partial charge in [-0.15, -0.1) is 0 Å². The van der Waals surface area contributed by atoms with Crippen molar-refractivity contribution in [1.29, 1.82) is 0 Å². The maximum absolute atomic E-state index is 12.7. The molecule has 0 unspecified atom stereocenters. The summed E-state index contributed by atoms with van der Waals surface area (Å²) >= 11 is 0. The number of halogens is 1. The summed E-state index contributed by atoms with van der Waals surface area (Å²) in [6.07, 6.45) is 0.684. The van der Waals surface area contributed by atoms with Crippen molar-refractivity contribution in [2.45, 2.75) is 6.42 Å². The number of carboxylic acid groups (broad SMARTS) is 1. The SMILES string of the molecule is O=C(O)c1cc(NCCc2ccc(F)cc2)ccc1O. The summed E-state index contributed by atoms with van der Waals surface area (Å²) in [6, 6.07) is 10.5. The van der Waals surface area contributed by atoms with Crippen LogP contribution < -0.4 is 5.32 Å². The second-order valence-corrected chi connectivity index (χ2v) is 4.34. The molecule has 5 heteroatoms. The Morgan fingerprint density at radius 3 is 2.50 bits per heavy atom. The Kier molecular flexibility index (Phi) is 4.20. The van der Waals surface area contributed by atoms with Crippen molar-refractivity contribution in [3.05, 3.63) is 59.4 Å². The Morgan fingerprint density at radius 2 is 1.85 bits per heavy atom. The number of anilines is 1. The average molecular weight is 275 g/mol. The van der Waals surface area contributed by atoms with Gasteiger partial charge in [-0.05, 0) is 42.3 Å². The van der Waals surface area contributed by atoms with Crippen LogP contribution in [0.4, 0.5) is 10.1 Å². The number of aromatic hydroxyl groups is 1. The molecule has 0 saturated heterocycles. The lowest BCUT2D eigenvalue weighted by Crippen LogP contribution is -2.06. The molecule has 0 spiro atoms. The average Bonchev–Trinajstić information content (AvgIpc) is 2.42. The molecule has 0 amide bonds. The van der Waals surface area contributed by atoms with Crippen LogP contribution in [-0.4, -0.2) is 22.7 Å². The molecular weight excluding hydrogens is 261 g/mol. The van der Waals surface area contributed by atoms with Crippen LogP contribution in [0, 0.1) is 5.82 Å². The van der Waals surface area contributed by atoms with Crippen molar-refractivity contribution < 1.29 is 19.4 Å². The molecular formula is C15H14FNO3. The normalized spacial score (nSPS) is 10.2. The fraction of sp³-hybridized carbons (Fsp3) is 0.133. The van der Waals surface area contributed by atoms with Gasteiger partial charge in [0.2, 0.25) is 0 Å². The van der Waals surface area contributed by atoms with Crippen LogP contribution in [0.5, 0.6) is 5.75 Å². The van der Waals surface area contributed by atoms with Gasteiger partial charge >= 0.3 is 5.97 Å². The predicted molar refractivity (Wildman–Crippen MR) is 73.7 cm³/mol. The fourth-order valence-electron chi connectivity index (χ4n) is 1.82. The van der Waals surface area contributed by atoms with Gasteiger partial charge < -0.3 is 15.5 Å². The van der Waals surface area contributed by atoms with E-state index in [2.05, 4.69) is 5.32 Å². The molecule has 0 aliphatic rings. The van der Waals surface area contributed by atoms with Crippen molar-refractivity contribution in [2.75, 3.05) is 11.9 Å². The smallest absolute Gasteiger partial charge is 0.339 e. The molecule has 0 aliphatic heterocycles. The van der Waals surface area contributed by atoms with E-state index in [1.54, 1.807) is 18.2 Å². The van der Waals surface area contributed by atoms with E-state index in [0.717, 1.165) is 5.56 Å². The summed E-state index contributed by atoms with van der Waals surface area (Å²) in [6.45, 7) is 0.579. The minimum absolute atomic E-state index is 0.142. The molecule has 0 saturated carbocycles. The number of hydrogen-bond acceptors (Lipinski definition) is 3. The second kappa shape index (κ2) is 6.06. The van der Waals surface area contributed by atoms with E-state index in [9.17, 15) is 14.3 Å². The van der Waals surface area contributed by atoms with Crippen LogP contribution in [0.2, 0.25) is 0 Å². The predicted octanol–water partition coefficient (Wildman–Crippen LogP) is 2.88. The molecule has 0 heterocycles. The van der Waals surface area contributed by atoms with Gasteiger partial charge in [-0.25, -0.2) is 9.18 Å². The molecule has 2 aromatic carbocycles. The standard InChI is InChI=1S/C15H14FNO3/c16-11-3-1-10(2-4-11)7-8-17-12-5-6-14(18)13(9-12)15(19)20/h1-6,9,17-18H,7-8H2,(H,19,20). The third-order valence-electron chi connectivity index (χ3n) is 2.88. The van der Waals surface area contributed by atoms with Crippen molar-refractivity contribution >= 4 is 11.7 Å². The molecule has 20 heavy (non-hydrogen) atoms. The van der Waals surface area contributed by atoms with Crippen LogP contribution in [0.3, 0.4) is 0 Å². The first-order valence-electron chi connectivity index (χ1n) is 6.11. The Bertz CT molecular complexity index is 611. The Hall–Kier alpha value is -2.56. The van der Waals surface area contributed by atoms with E-state index in [1.807, 2.05) is 0 Å². The van der Waals surface area contributed by atoms with E-state index in [1.165, 1.54) is 24.3 Å². The van der Waals surface area contributed by atoms with E-state index < -0.39 is 5.97 Å². The number of hydrogen-bond donors (Lipinski definition) is 3. The van der Waals surface area contributed by atoms with E-state index in [-0.39, 0.29) is 17.1 Å². The highest BCUT2D eigenvalue weighted by Crippen LogP contribution is 2.21. The summed E-state index contributed by atoms with van der Waals surface area (Å²) in [5.74, 6) is -1.71. The van der Waals surface area contributed by atoms with Crippen molar-refractivity contribution in [3.63, 3.8) is 0 Å². The van der Waals surface area contributed by atoms with Crippen LogP contribution in [-0.2, 0) is 6.42 Å². The largest absolute Gasteiger partial charge is 0.507 e. The number of phenols is 1. The van der Waals surface area contributed by atoms with Gasteiger partial charge in [-0.3, -0.25) is 0 Å². The molecule has 2 rings (SSSR count). The van der Waals surface area contributed by atoms with Crippen molar-refractivity contribution in [1.82, 2.24) is 0 Å². The van der Waals surface area contributed by atoms with Gasteiger partial charge in [0.25, 0.3) is 0 Å². The molecule has 0 aliphatic carbocycles. The lowest BCUT2D eigenvalue weighted by Gasteiger charge is -2.08. The highest BCUT2D eigenvalue weighted by Gasteiger charge is 2.09. The maximum atomic E-state index is 12.7. The van der Waals surface area contributed by atoms with Gasteiger partial charge in [0, 0.05) is 12.2 Å². The number of aromatic carboxylic acids is 1. The summed E-state index contributed by atoms with van der Waals surface area (Å²) < 4.78 is 12.7. The lowest BCUT2D eigenvalue weighted by atomic mass is 10.1. The van der Waals surface area contributed by atoms with E-state index in [0.29, 0.717) is 18.7 Å². The number of carbonyl (C=O) groups is 1. The minimum Gasteiger partial charge on any atom is -0.507 e. The Balaban J connectivity index is 1.96. The first kappa shape index (κ1) is 13.9. The quantitative estimate of drug-likeness (QED) is 0.734. The van der Waals surface area contributed by atoms with Crippen LogP contribution in [0.25, 0.3) is 0 Å². The molecule has 0 aromatic heterocycles. The van der Waals surface area contributed by atoms with Crippen molar-refractivity contribution in [2.24, 2.45) is 0 Å². The number of nitrogens with one attached hydrogen (secondary N) is 1. The first-order chi connectivity index (χ1) is 9.56. The molecule has 0 atom stereocenters. The zero-order valence-electron chi connectivity index (χ0n) is 10.6. The minimum atomic E-state index is -1.18. The molecule has 4 nitrogen and oxygen atoms in total. The van der Waals surface area contributed by atoms with Gasteiger partial charge in [0.1, 0.15) is 17.1 Å². The Morgan fingerprint density at radius 1 is 1.15 bits per heavy atom. The van der Waals surface area contributed by atoms with Gasteiger partial charge in [0.05, 0.1) is 0 Å². The number of carboxylic acids is 1. The summed E-state index contributed by atoms with van der Waals surface area (Å²) in [5.41, 5.74) is 1.45. The van der Waals surface area contributed by atoms with Crippen molar-refractivity contribution in [3.8, 4) is 5.75 Å². The van der Waals surface area contributed by atoms with Crippen LogP contribution in [0.15, 0.2) is 42.5 Å². The zero-order valence-corrected chi connectivity index (χ0v) is 10.6. The van der Waals surface area contributed by atoms with Gasteiger partial charge in [0.15, 0.2) is 0 Å². The highest BCUT2D eigenvalue weighted by molar-refractivity contribution is 5.91. The number of benzene rings is 2. The first-order valence-corrected chi connectivity index (χ1v) is 6.11. The third-order valence-corrected chi connectivity index (χ3v) is 2.88. The fourth-order valence-corrected chi connectivity index (χ4v) is 1.82. The highest BCUT2D eigenvalue weighted by atomic mass is 19.1. The molecule has 2 aromatic rings. The van der Waals surface area contributed by atoms with Crippen LogP contribution >= 0.6 is 0 Å². The molecule has 0 bridgehead atoms. The topological polar surface area (TPSA) is 69.6 Å². The molecule has 0 radical (unpaired) electrons. The third kappa shape index (κ3) is 3.47. The van der Waals surface area contributed by atoms with E-state index >= 15 is 0 Å². The number of rotatable bonds is 5. The monoisotopic (exact) mass is 275 g/mol. The molecule has 0 fully saturated rings. The van der Waals surface area contributed by atoms with E-state index in [4.69, 9.17) is 5.11 Å². The lowest BCUT2D eigenvalue weighted by molar-refractivity contribution is 0.0694. The Labute approximate surface area is 115 Å². The summed E-state index contributed by atoms with van der Waals surface area (Å²) in [7, 11) is 0. The molecule has 104 valence electrons. The second-order valence-electron chi connectivity index (χ2n) is 4.34. The maximum Gasteiger partial charge on any atom is 0.339 e. The summed E-state index contributed by atoms with van der Waals surface area (Å²) in [5, 5.41) is 21.3. The zero-order chi connectivity index (χ0) is 14.5. The van der Waals surface area contributed by atoms with Crippen LogP contribution in [0.1, 0.15) is 15.9 Å². The summed E-state index contributed by atoms with van der Waals surface area (Å²) in [4.78, 5) is 10.9. The van der Waals surface area contributed by atoms with Gasteiger partial charge in [-0.2, -0.15) is 0 Å². The molecule has 3 N–H and O–H groups in total.